The third-order valence-corrected chi connectivity index (χ3v) is 5.58. The molecule has 4 rings (SSSR count). The van der Waals surface area contributed by atoms with Crippen molar-refractivity contribution in [1.29, 1.82) is 0 Å². The molecule has 0 saturated carbocycles. The number of halogens is 1. The van der Waals surface area contributed by atoms with Gasteiger partial charge in [0.1, 0.15) is 35.2 Å². The molecular weight excluding hydrogens is 454 g/mol. The fourth-order valence-electron chi connectivity index (χ4n) is 3.66. The van der Waals surface area contributed by atoms with Crippen molar-refractivity contribution in [1.82, 2.24) is 0 Å². The molecule has 1 aromatic carbocycles. The molecule has 0 saturated heterocycles. The van der Waals surface area contributed by atoms with Crippen molar-refractivity contribution in [2.75, 3.05) is 7.11 Å². The number of rotatable bonds is 5. The van der Waals surface area contributed by atoms with Gasteiger partial charge in [0.2, 0.25) is 5.88 Å². The van der Waals surface area contributed by atoms with E-state index in [2.05, 4.69) is 15.9 Å². The van der Waals surface area contributed by atoms with Crippen LogP contribution in [0.5, 0.6) is 5.75 Å². The molecule has 2 heterocycles. The second kappa shape index (κ2) is 8.39. The van der Waals surface area contributed by atoms with Crippen LogP contribution < -0.4 is 10.5 Å². The van der Waals surface area contributed by atoms with Gasteiger partial charge in [-0.3, -0.25) is 4.79 Å². The van der Waals surface area contributed by atoms with Gasteiger partial charge in [0.15, 0.2) is 5.78 Å². The largest absolute Gasteiger partial charge is 0.486 e. The number of Topliss-reactive ketones (excluding diaryl/α,β-unsaturated/α-hetero) is 1. The predicted molar refractivity (Wildman–Crippen MR) is 110 cm³/mol. The number of benzene rings is 1. The fourth-order valence-corrected chi connectivity index (χ4v) is 3.93. The third-order valence-electron chi connectivity index (χ3n) is 5.05. The van der Waals surface area contributed by atoms with Gasteiger partial charge in [-0.15, -0.1) is 0 Å². The van der Waals surface area contributed by atoms with E-state index in [1.54, 1.807) is 12.1 Å². The van der Waals surface area contributed by atoms with Crippen molar-refractivity contribution in [2.24, 2.45) is 5.73 Å². The van der Waals surface area contributed by atoms with E-state index < -0.39 is 11.9 Å². The average molecular weight is 474 g/mol. The first-order chi connectivity index (χ1) is 14.5. The smallest absolute Gasteiger partial charge is 0.340 e. The van der Waals surface area contributed by atoms with Crippen LogP contribution in [0.15, 0.2) is 68.1 Å². The van der Waals surface area contributed by atoms with Crippen molar-refractivity contribution >= 4 is 27.7 Å². The molecule has 30 heavy (non-hydrogen) atoms. The van der Waals surface area contributed by atoms with Crippen molar-refractivity contribution < 1.29 is 28.2 Å². The summed E-state index contributed by atoms with van der Waals surface area (Å²) in [5.41, 5.74) is 6.51. The molecule has 2 aliphatic rings. The number of esters is 1. The average Bonchev–Trinajstić information content (AvgIpc) is 3.21. The zero-order valence-electron chi connectivity index (χ0n) is 16.3. The van der Waals surface area contributed by atoms with E-state index in [1.165, 1.54) is 7.11 Å². The molecule has 0 amide bonds. The molecule has 0 spiro atoms. The van der Waals surface area contributed by atoms with Crippen LogP contribution in [-0.4, -0.2) is 18.9 Å². The van der Waals surface area contributed by atoms with Crippen LogP contribution in [0.25, 0.3) is 0 Å². The molecule has 1 aliphatic heterocycles. The second-order valence-electron chi connectivity index (χ2n) is 6.96. The first-order valence-electron chi connectivity index (χ1n) is 9.47. The number of carbonyl (C=O) groups excluding carboxylic acids is 2. The van der Waals surface area contributed by atoms with E-state index in [-0.39, 0.29) is 23.8 Å². The maximum absolute atomic E-state index is 12.7. The number of hydrogen-bond acceptors (Lipinski definition) is 7. The molecule has 0 bridgehead atoms. The highest BCUT2D eigenvalue weighted by atomic mass is 79.9. The van der Waals surface area contributed by atoms with Crippen LogP contribution >= 0.6 is 15.9 Å². The van der Waals surface area contributed by atoms with Crippen LogP contribution in [0.1, 0.15) is 36.7 Å². The van der Waals surface area contributed by atoms with Crippen LogP contribution in [0.2, 0.25) is 0 Å². The molecule has 7 nitrogen and oxygen atoms in total. The van der Waals surface area contributed by atoms with Gasteiger partial charge < -0.3 is 24.4 Å². The summed E-state index contributed by atoms with van der Waals surface area (Å²) in [5.74, 6) is 0.566. The Kier molecular flexibility index (Phi) is 5.67. The number of hydrogen-bond donors (Lipinski definition) is 1. The summed E-state index contributed by atoms with van der Waals surface area (Å²) in [5, 5.41) is 0. The fraction of sp³-hybridized carbons (Fsp3) is 0.273. The standard InChI is InChI=1S/C22H20BrNO6/c1-27-22(26)20-19(18-15(25)3-2-4-16(18)30-21(20)24)17-10-9-14(29-17)11-28-13-7-5-12(23)6-8-13/h5-10,19H,2-4,11,24H2,1H3/t19-/m1/s1. The maximum Gasteiger partial charge on any atom is 0.340 e. The molecule has 156 valence electrons. The van der Waals surface area contributed by atoms with Gasteiger partial charge in [0.05, 0.1) is 13.0 Å². The predicted octanol–water partition coefficient (Wildman–Crippen LogP) is 4.09. The summed E-state index contributed by atoms with van der Waals surface area (Å²) in [6.45, 7) is 0.192. The van der Waals surface area contributed by atoms with E-state index in [4.69, 9.17) is 24.4 Å². The zero-order valence-corrected chi connectivity index (χ0v) is 17.9. The lowest BCUT2D eigenvalue weighted by Crippen LogP contribution is -2.31. The zero-order chi connectivity index (χ0) is 21.3. The number of furan rings is 1. The van der Waals surface area contributed by atoms with Crippen molar-refractivity contribution in [2.45, 2.75) is 31.8 Å². The topological polar surface area (TPSA) is 101 Å². The minimum Gasteiger partial charge on any atom is -0.486 e. The van der Waals surface area contributed by atoms with Gasteiger partial charge in [-0.25, -0.2) is 4.79 Å². The maximum atomic E-state index is 12.7. The quantitative estimate of drug-likeness (QED) is 0.652. The monoisotopic (exact) mass is 473 g/mol. The Morgan fingerprint density at radius 1 is 1.20 bits per heavy atom. The number of carbonyl (C=O) groups is 2. The lowest BCUT2D eigenvalue weighted by Gasteiger charge is -2.30. The summed E-state index contributed by atoms with van der Waals surface area (Å²) in [6, 6.07) is 10.9. The summed E-state index contributed by atoms with van der Waals surface area (Å²) in [4.78, 5) is 25.1. The Morgan fingerprint density at radius 3 is 2.70 bits per heavy atom. The second-order valence-corrected chi connectivity index (χ2v) is 7.88. The highest BCUT2D eigenvalue weighted by Crippen LogP contribution is 2.44. The van der Waals surface area contributed by atoms with Crippen LogP contribution in [0.4, 0.5) is 0 Å². The summed E-state index contributed by atoms with van der Waals surface area (Å²) in [7, 11) is 1.26. The number of ether oxygens (including phenoxy) is 3. The van der Waals surface area contributed by atoms with Gasteiger partial charge in [-0.05, 0) is 42.8 Å². The number of ketones is 1. The van der Waals surface area contributed by atoms with Gasteiger partial charge in [0.25, 0.3) is 0 Å². The first kappa shape index (κ1) is 20.3. The SMILES string of the molecule is COC(=O)C1=C(N)OC2=C(C(=O)CCC2)[C@H]1c1ccc(COc2ccc(Br)cc2)o1. The number of allylic oxidation sites excluding steroid dienone is 2. The lowest BCUT2D eigenvalue weighted by atomic mass is 9.79. The number of methoxy groups -OCH3 is 1. The molecule has 2 N–H and O–H groups in total. The van der Waals surface area contributed by atoms with E-state index in [0.29, 0.717) is 47.9 Å². The van der Waals surface area contributed by atoms with Gasteiger partial charge >= 0.3 is 5.97 Å². The summed E-state index contributed by atoms with van der Waals surface area (Å²) < 4.78 is 23.2. The van der Waals surface area contributed by atoms with E-state index in [9.17, 15) is 9.59 Å². The minimum absolute atomic E-state index is 0.0654. The Hall–Kier alpha value is -3.00. The minimum atomic E-state index is -0.768. The van der Waals surface area contributed by atoms with E-state index >= 15 is 0 Å². The van der Waals surface area contributed by atoms with Crippen molar-refractivity contribution in [3.8, 4) is 5.75 Å². The molecule has 8 heteroatoms. The van der Waals surface area contributed by atoms with Crippen LogP contribution in [0, 0.1) is 0 Å². The lowest BCUT2D eigenvalue weighted by molar-refractivity contribution is -0.136. The summed E-state index contributed by atoms with van der Waals surface area (Å²) in [6.07, 6.45) is 1.63. The van der Waals surface area contributed by atoms with Gasteiger partial charge in [0, 0.05) is 22.9 Å². The Bertz CT molecular complexity index is 1050. The molecule has 0 fully saturated rings. The van der Waals surface area contributed by atoms with Gasteiger partial charge in [-0.2, -0.15) is 0 Å². The highest BCUT2D eigenvalue weighted by molar-refractivity contribution is 9.10. The Labute approximate surface area is 181 Å². The molecule has 0 unspecified atom stereocenters. The van der Waals surface area contributed by atoms with Crippen LogP contribution in [-0.2, 0) is 25.7 Å². The van der Waals surface area contributed by atoms with Crippen LogP contribution in [0.3, 0.4) is 0 Å². The molecule has 0 radical (unpaired) electrons. The van der Waals surface area contributed by atoms with Crippen molar-refractivity contribution in [3.63, 3.8) is 0 Å². The molecule has 2 aromatic rings. The molecule has 1 atom stereocenters. The first-order valence-corrected chi connectivity index (χ1v) is 10.3. The van der Waals surface area contributed by atoms with E-state index in [0.717, 1.165) is 4.47 Å². The Morgan fingerprint density at radius 2 is 1.97 bits per heavy atom. The molecular formula is C22H20BrNO6. The van der Waals surface area contributed by atoms with Gasteiger partial charge in [-0.1, -0.05) is 15.9 Å². The normalized spacial score (nSPS) is 18.7. The number of nitrogens with two attached hydrogens (primary N) is 1. The highest BCUT2D eigenvalue weighted by Gasteiger charge is 2.42. The molecule has 1 aromatic heterocycles. The van der Waals surface area contributed by atoms with Crippen molar-refractivity contribution in [3.05, 3.63) is 75.2 Å². The van der Waals surface area contributed by atoms with E-state index in [1.807, 2.05) is 24.3 Å². The molecule has 1 aliphatic carbocycles. The summed E-state index contributed by atoms with van der Waals surface area (Å²) >= 11 is 3.38. The third kappa shape index (κ3) is 3.87. The Balaban J connectivity index is 1.64.